The molecule has 1 aromatic heterocycles. The summed E-state index contributed by atoms with van der Waals surface area (Å²) in [7, 11) is 0. The Kier molecular flexibility index (Phi) is 5.12. The number of nitrogens with one attached hydrogen (secondary N) is 1. The highest BCUT2D eigenvalue weighted by atomic mass is 16.6. The number of nitrogens with zero attached hydrogens (tertiary/aromatic N) is 3. The van der Waals surface area contributed by atoms with E-state index in [1.807, 2.05) is 6.07 Å². The summed E-state index contributed by atoms with van der Waals surface area (Å²) in [6.45, 7) is 7.50. The zero-order chi connectivity index (χ0) is 15.4. The maximum absolute atomic E-state index is 10.7. The zero-order valence-electron chi connectivity index (χ0n) is 13.0. The normalized spacial score (nSPS) is 25.9. The Bertz CT molecular complexity index is 477. The van der Waals surface area contributed by atoms with Crippen LogP contribution in [0.5, 0.6) is 0 Å². The molecule has 1 aliphatic heterocycles. The van der Waals surface area contributed by atoms with Crippen LogP contribution in [-0.2, 0) is 0 Å². The minimum Gasteiger partial charge on any atom is -0.360 e. The molecule has 1 unspecified atom stereocenters. The highest BCUT2D eigenvalue weighted by Gasteiger charge is 2.33. The second-order valence-electron chi connectivity index (χ2n) is 5.79. The summed E-state index contributed by atoms with van der Waals surface area (Å²) < 4.78 is 0. The van der Waals surface area contributed by atoms with Crippen LogP contribution >= 0.6 is 0 Å². The first-order chi connectivity index (χ1) is 10.0. The number of anilines is 1. The minimum absolute atomic E-state index is 0.0975. The number of aromatic nitrogens is 1. The Morgan fingerprint density at radius 1 is 1.48 bits per heavy atom. The van der Waals surface area contributed by atoms with Crippen molar-refractivity contribution < 1.29 is 4.92 Å². The minimum atomic E-state index is -0.456. The van der Waals surface area contributed by atoms with E-state index in [9.17, 15) is 10.1 Å². The molecule has 6 nitrogen and oxygen atoms in total. The molecule has 0 amide bonds. The molecule has 1 aliphatic rings. The topological polar surface area (TPSA) is 71.3 Å². The average molecular weight is 292 g/mol. The van der Waals surface area contributed by atoms with E-state index in [-0.39, 0.29) is 5.82 Å². The van der Waals surface area contributed by atoms with Crippen LogP contribution in [0.3, 0.4) is 0 Å². The van der Waals surface area contributed by atoms with Crippen LogP contribution in [0.1, 0.15) is 40.0 Å². The molecule has 2 heterocycles. The van der Waals surface area contributed by atoms with E-state index in [2.05, 4.69) is 36.0 Å². The maximum atomic E-state index is 10.7. The van der Waals surface area contributed by atoms with Crippen LogP contribution in [0, 0.1) is 10.1 Å². The average Bonchev–Trinajstić information content (AvgIpc) is 2.48. The Balaban J connectivity index is 2.24. The molecule has 2 rings (SSSR count). The van der Waals surface area contributed by atoms with Crippen molar-refractivity contribution in [2.75, 3.05) is 11.4 Å². The number of unbranched alkanes of at least 4 members (excludes halogenated alkanes) is 1. The molecule has 1 saturated heterocycles. The highest BCUT2D eigenvalue weighted by Crippen LogP contribution is 2.27. The third-order valence-electron chi connectivity index (χ3n) is 4.22. The van der Waals surface area contributed by atoms with Crippen LogP contribution in [0.4, 0.5) is 11.5 Å². The molecule has 0 bridgehead atoms. The van der Waals surface area contributed by atoms with Gasteiger partial charge in [0.2, 0.25) is 0 Å². The van der Waals surface area contributed by atoms with Gasteiger partial charge in [0.15, 0.2) is 6.20 Å². The summed E-state index contributed by atoms with van der Waals surface area (Å²) in [5, 5.41) is 14.3. The fourth-order valence-corrected chi connectivity index (χ4v) is 3.05. The fourth-order valence-electron chi connectivity index (χ4n) is 3.05. The monoisotopic (exact) mass is 292 g/mol. The van der Waals surface area contributed by atoms with Crippen molar-refractivity contribution in [3.63, 3.8) is 0 Å². The van der Waals surface area contributed by atoms with E-state index in [0.29, 0.717) is 18.1 Å². The molecule has 3 atom stereocenters. The number of hydrogen-bond acceptors (Lipinski definition) is 5. The van der Waals surface area contributed by atoms with Gasteiger partial charge in [-0.2, -0.15) is 0 Å². The number of rotatable bonds is 5. The lowest BCUT2D eigenvalue weighted by atomic mass is 9.95. The van der Waals surface area contributed by atoms with Gasteiger partial charge in [-0.15, -0.1) is 0 Å². The van der Waals surface area contributed by atoms with E-state index in [1.165, 1.54) is 18.9 Å². The lowest BCUT2D eigenvalue weighted by Gasteiger charge is -2.46. The van der Waals surface area contributed by atoms with Crippen LogP contribution < -0.4 is 10.2 Å². The second-order valence-corrected chi connectivity index (χ2v) is 5.79. The van der Waals surface area contributed by atoms with Crippen molar-refractivity contribution in [3.8, 4) is 0 Å². The number of hydrogen-bond donors (Lipinski definition) is 1. The van der Waals surface area contributed by atoms with Gasteiger partial charge in [-0.1, -0.05) is 19.8 Å². The number of pyridine rings is 1. The Morgan fingerprint density at radius 2 is 2.24 bits per heavy atom. The molecule has 21 heavy (non-hydrogen) atoms. The number of piperazine rings is 1. The van der Waals surface area contributed by atoms with Gasteiger partial charge in [-0.25, -0.2) is 0 Å². The first-order valence-corrected chi connectivity index (χ1v) is 7.66. The van der Waals surface area contributed by atoms with E-state index >= 15 is 0 Å². The largest absolute Gasteiger partial charge is 0.363 e. The summed E-state index contributed by atoms with van der Waals surface area (Å²) >= 11 is 0. The molecular weight excluding hydrogens is 268 g/mol. The Morgan fingerprint density at radius 3 is 2.81 bits per heavy atom. The lowest BCUT2D eigenvalue weighted by Crippen LogP contribution is -2.61. The molecule has 1 aromatic rings. The maximum Gasteiger partial charge on any atom is 0.363 e. The Hall–Kier alpha value is -1.69. The predicted molar refractivity (Wildman–Crippen MR) is 83.6 cm³/mol. The van der Waals surface area contributed by atoms with Crippen molar-refractivity contribution >= 4 is 11.5 Å². The van der Waals surface area contributed by atoms with Crippen LogP contribution in [-0.4, -0.2) is 34.6 Å². The second kappa shape index (κ2) is 6.85. The van der Waals surface area contributed by atoms with Gasteiger partial charge in [0.25, 0.3) is 0 Å². The summed E-state index contributed by atoms with van der Waals surface area (Å²) in [6, 6.07) is 4.47. The van der Waals surface area contributed by atoms with Crippen LogP contribution in [0.25, 0.3) is 0 Å². The molecule has 0 saturated carbocycles. The van der Waals surface area contributed by atoms with E-state index in [4.69, 9.17) is 0 Å². The third kappa shape index (κ3) is 3.50. The van der Waals surface area contributed by atoms with Crippen molar-refractivity contribution in [1.29, 1.82) is 0 Å². The quantitative estimate of drug-likeness (QED) is 0.667. The van der Waals surface area contributed by atoms with Gasteiger partial charge < -0.3 is 20.3 Å². The van der Waals surface area contributed by atoms with Crippen LogP contribution in [0.15, 0.2) is 18.3 Å². The fraction of sp³-hybridized carbons (Fsp3) is 0.667. The first kappa shape index (κ1) is 15.7. The van der Waals surface area contributed by atoms with Gasteiger partial charge in [0, 0.05) is 30.7 Å². The van der Waals surface area contributed by atoms with Gasteiger partial charge >= 0.3 is 5.82 Å². The van der Waals surface area contributed by atoms with Crippen molar-refractivity contribution in [2.45, 2.75) is 58.2 Å². The highest BCUT2D eigenvalue weighted by molar-refractivity contribution is 5.49. The first-order valence-electron chi connectivity index (χ1n) is 7.66. The summed E-state index contributed by atoms with van der Waals surface area (Å²) in [5.74, 6) is -0.0975. The molecule has 116 valence electrons. The van der Waals surface area contributed by atoms with Crippen molar-refractivity contribution in [1.82, 2.24) is 10.3 Å². The SMILES string of the molecule is CCCCC1[C@@H](C)NC[C@H](C)N1c1ccc([N+](=O)[O-])nc1. The Labute approximate surface area is 125 Å². The van der Waals surface area contributed by atoms with E-state index < -0.39 is 4.92 Å². The zero-order valence-corrected chi connectivity index (χ0v) is 13.0. The summed E-state index contributed by atoms with van der Waals surface area (Å²) in [5.41, 5.74) is 0.975. The lowest BCUT2D eigenvalue weighted by molar-refractivity contribution is -0.389. The molecule has 0 aliphatic carbocycles. The molecule has 6 heteroatoms. The predicted octanol–water partition coefficient (Wildman–Crippen LogP) is 2.74. The van der Waals surface area contributed by atoms with Crippen molar-refractivity contribution in [2.24, 2.45) is 0 Å². The molecule has 0 aromatic carbocycles. The van der Waals surface area contributed by atoms with E-state index in [1.54, 1.807) is 6.20 Å². The van der Waals surface area contributed by atoms with Crippen molar-refractivity contribution in [3.05, 3.63) is 28.4 Å². The molecule has 0 radical (unpaired) electrons. The number of nitro groups is 1. The molecular formula is C15H24N4O2. The van der Waals surface area contributed by atoms with Gasteiger partial charge in [0.05, 0.1) is 5.69 Å². The molecule has 0 spiro atoms. The van der Waals surface area contributed by atoms with Gasteiger partial charge in [0.1, 0.15) is 0 Å². The standard InChI is InChI=1S/C15H24N4O2/c1-4-5-6-14-12(3)16-9-11(2)18(14)13-7-8-15(17-10-13)19(20)21/h7-8,10-12,14,16H,4-6,9H2,1-3H3/t11-,12+,14?/m0/s1. The summed E-state index contributed by atoms with van der Waals surface area (Å²) in [6.07, 6.45) is 5.10. The summed E-state index contributed by atoms with van der Waals surface area (Å²) in [4.78, 5) is 16.6. The van der Waals surface area contributed by atoms with Gasteiger partial charge in [-0.05, 0) is 36.2 Å². The van der Waals surface area contributed by atoms with E-state index in [0.717, 1.165) is 18.7 Å². The molecule has 1 N–H and O–H groups in total. The smallest absolute Gasteiger partial charge is 0.360 e. The molecule has 1 fully saturated rings. The van der Waals surface area contributed by atoms with Gasteiger partial charge in [-0.3, -0.25) is 0 Å². The van der Waals surface area contributed by atoms with Crippen LogP contribution in [0.2, 0.25) is 0 Å². The third-order valence-corrected chi connectivity index (χ3v) is 4.22.